The fourth-order valence-corrected chi connectivity index (χ4v) is 3.23. The van der Waals surface area contributed by atoms with Crippen LogP contribution in [0.1, 0.15) is 32.3 Å². The summed E-state index contributed by atoms with van der Waals surface area (Å²) in [4.78, 5) is 42.1. The van der Waals surface area contributed by atoms with Crippen LogP contribution in [-0.2, 0) is 16.1 Å². The van der Waals surface area contributed by atoms with Crippen molar-refractivity contribution in [3.8, 4) is 0 Å². The lowest BCUT2D eigenvalue weighted by atomic mass is 10.0. The molecule has 9 nitrogen and oxygen atoms in total. The molecule has 0 aliphatic carbocycles. The molecule has 158 valence electrons. The molecule has 2 amide bonds. The van der Waals surface area contributed by atoms with Crippen molar-refractivity contribution in [2.45, 2.75) is 46.2 Å². The average molecular weight is 410 g/mol. The summed E-state index contributed by atoms with van der Waals surface area (Å²) >= 11 is 0. The second-order valence-corrected chi connectivity index (χ2v) is 7.67. The number of nitrogens with zero attached hydrogens (tertiary/aromatic N) is 3. The Labute approximate surface area is 173 Å². The van der Waals surface area contributed by atoms with E-state index in [0.29, 0.717) is 23.1 Å². The van der Waals surface area contributed by atoms with E-state index in [0.717, 1.165) is 5.56 Å². The quantitative estimate of drug-likeness (QED) is 0.524. The first-order valence-corrected chi connectivity index (χ1v) is 9.89. The molecule has 2 aromatic heterocycles. The van der Waals surface area contributed by atoms with Crippen LogP contribution in [0.2, 0.25) is 0 Å². The van der Waals surface area contributed by atoms with Crippen molar-refractivity contribution in [1.82, 2.24) is 25.1 Å². The Kier molecular flexibility index (Phi) is 6.61. The Bertz CT molecular complexity index is 1090. The predicted molar refractivity (Wildman–Crippen MR) is 114 cm³/mol. The Morgan fingerprint density at radius 1 is 1.23 bits per heavy atom. The first-order chi connectivity index (χ1) is 14.3. The molecule has 3 aromatic rings. The summed E-state index contributed by atoms with van der Waals surface area (Å²) in [7, 11) is 0. The van der Waals surface area contributed by atoms with E-state index in [1.54, 1.807) is 12.1 Å². The number of carbonyl (C=O) groups excluding carboxylic acids is 2. The molecule has 3 N–H and O–H groups in total. The van der Waals surface area contributed by atoms with Crippen LogP contribution in [0, 0.1) is 12.8 Å². The maximum Gasteiger partial charge on any atom is 0.261 e. The molecule has 1 atom stereocenters. The number of aromatic nitrogens is 4. The van der Waals surface area contributed by atoms with Crippen molar-refractivity contribution in [2.75, 3.05) is 5.32 Å². The number of carbonyl (C=O) groups is 2. The van der Waals surface area contributed by atoms with E-state index in [1.807, 2.05) is 32.9 Å². The first kappa shape index (κ1) is 21.2. The summed E-state index contributed by atoms with van der Waals surface area (Å²) in [6.07, 6.45) is 3.54. The summed E-state index contributed by atoms with van der Waals surface area (Å²) in [5.74, 6) is 0.0448. The minimum absolute atomic E-state index is 0.0604. The van der Waals surface area contributed by atoms with Gasteiger partial charge in [0.1, 0.15) is 11.9 Å². The van der Waals surface area contributed by atoms with E-state index in [2.05, 4.69) is 25.8 Å². The molecular weight excluding hydrogens is 384 g/mol. The number of rotatable bonds is 8. The van der Waals surface area contributed by atoms with Crippen molar-refractivity contribution in [3.05, 3.63) is 52.7 Å². The Morgan fingerprint density at radius 2 is 2.03 bits per heavy atom. The number of H-pyrrole nitrogens is 1. The number of nitrogens with one attached hydrogen (secondary N) is 3. The fraction of sp³-hybridized carbons (Fsp3) is 0.381. The van der Waals surface area contributed by atoms with Gasteiger partial charge in [-0.25, -0.2) is 4.98 Å². The fourth-order valence-electron chi connectivity index (χ4n) is 3.23. The minimum Gasteiger partial charge on any atom is -0.344 e. The Hall–Kier alpha value is -3.49. The molecular formula is C21H26N6O3. The van der Waals surface area contributed by atoms with Gasteiger partial charge in [0, 0.05) is 19.0 Å². The Balaban J connectivity index is 1.65. The van der Waals surface area contributed by atoms with Crippen molar-refractivity contribution in [2.24, 2.45) is 5.92 Å². The van der Waals surface area contributed by atoms with Crippen molar-refractivity contribution in [1.29, 1.82) is 0 Å². The lowest BCUT2D eigenvalue weighted by Crippen LogP contribution is -2.45. The number of anilines is 1. The zero-order valence-electron chi connectivity index (χ0n) is 17.3. The van der Waals surface area contributed by atoms with Crippen LogP contribution >= 0.6 is 0 Å². The van der Waals surface area contributed by atoms with E-state index in [9.17, 15) is 14.4 Å². The molecule has 3 rings (SSSR count). The van der Waals surface area contributed by atoms with E-state index < -0.39 is 6.04 Å². The number of aromatic amines is 1. The number of hydrogen-bond donors (Lipinski definition) is 3. The molecule has 0 fully saturated rings. The van der Waals surface area contributed by atoms with Gasteiger partial charge in [0.2, 0.25) is 11.8 Å². The van der Waals surface area contributed by atoms with Crippen LogP contribution in [0.4, 0.5) is 5.82 Å². The van der Waals surface area contributed by atoms with Crippen LogP contribution < -0.4 is 16.2 Å². The molecule has 1 aromatic carbocycles. The maximum atomic E-state index is 12.7. The molecule has 0 aliphatic heterocycles. The van der Waals surface area contributed by atoms with Gasteiger partial charge < -0.3 is 10.6 Å². The Morgan fingerprint density at radius 3 is 2.73 bits per heavy atom. The van der Waals surface area contributed by atoms with E-state index in [-0.39, 0.29) is 36.3 Å². The van der Waals surface area contributed by atoms with Gasteiger partial charge in [-0.05, 0) is 30.9 Å². The van der Waals surface area contributed by atoms with Gasteiger partial charge in [-0.3, -0.25) is 24.0 Å². The monoisotopic (exact) mass is 410 g/mol. The third-order valence-electron chi connectivity index (χ3n) is 4.75. The highest BCUT2D eigenvalue weighted by atomic mass is 16.2. The highest BCUT2D eigenvalue weighted by Gasteiger charge is 2.22. The first-order valence-electron chi connectivity index (χ1n) is 9.89. The predicted octanol–water partition coefficient (Wildman–Crippen LogP) is 1.99. The normalized spacial score (nSPS) is 12.1. The summed E-state index contributed by atoms with van der Waals surface area (Å²) < 4.78 is 1.42. The highest BCUT2D eigenvalue weighted by Crippen LogP contribution is 2.12. The largest absolute Gasteiger partial charge is 0.344 e. The third-order valence-corrected chi connectivity index (χ3v) is 4.75. The van der Waals surface area contributed by atoms with E-state index in [1.165, 1.54) is 17.1 Å². The molecule has 0 radical (unpaired) electrons. The molecule has 0 aliphatic rings. The second-order valence-electron chi connectivity index (χ2n) is 7.67. The molecule has 0 saturated carbocycles. The summed E-state index contributed by atoms with van der Waals surface area (Å²) in [6, 6.07) is 6.39. The molecule has 9 heteroatoms. The average Bonchev–Trinajstić information content (AvgIpc) is 3.20. The summed E-state index contributed by atoms with van der Waals surface area (Å²) in [5, 5.41) is 12.5. The molecule has 0 saturated heterocycles. The van der Waals surface area contributed by atoms with Gasteiger partial charge in [0.05, 0.1) is 23.4 Å². The zero-order valence-corrected chi connectivity index (χ0v) is 17.3. The number of amides is 2. The lowest BCUT2D eigenvalue weighted by Gasteiger charge is -2.20. The molecule has 1 unspecified atom stereocenters. The topological polar surface area (TPSA) is 122 Å². The number of fused-ring (bicyclic) bond motifs is 1. The van der Waals surface area contributed by atoms with Crippen molar-refractivity contribution in [3.63, 3.8) is 0 Å². The smallest absolute Gasteiger partial charge is 0.261 e. The van der Waals surface area contributed by atoms with Crippen molar-refractivity contribution < 1.29 is 9.59 Å². The second kappa shape index (κ2) is 9.34. The summed E-state index contributed by atoms with van der Waals surface area (Å²) in [6.45, 7) is 6.03. The van der Waals surface area contributed by atoms with Crippen LogP contribution in [-0.4, -0.2) is 37.6 Å². The maximum absolute atomic E-state index is 12.7. The van der Waals surface area contributed by atoms with Gasteiger partial charge in [0.25, 0.3) is 5.56 Å². The van der Waals surface area contributed by atoms with E-state index >= 15 is 0 Å². The lowest BCUT2D eigenvalue weighted by molar-refractivity contribution is -0.127. The minimum atomic E-state index is -0.685. The van der Waals surface area contributed by atoms with Crippen molar-refractivity contribution >= 4 is 28.5 Å². The molecule has 0 bridgehead atoms. The number of aryl methyl sites for hydroxylation is 2. The van der Waals surface area contributed by atoms with Gasteiger partial charge >= 0.3 is 0 Å². The highest BCUT2D eigenvalue weighted by molar-refractivity contribution is 5.96. The van der Waals surface area contributed by atoms with Gasteiger partial charge in [-0.2, -0.15) is 5.10 Å². The van der Waals surface area contributed by atoms with Gasteiger partial charge in [-0.15, -0.1) is 0 Å². The molecule has 0 spiro atoms. The van der Waals surface area contributed by atoms with Crippen LogP contribution in [0.15, 0.2) is 41.6 Å². The van der Waals surface area contributed by atoms with Crippen LogP contribution in [0.25, 0.3) is 10.9 Å². The van der Waals surface area contributed by atoms with Gasteiger partial charge in [0.15, 0.2) is 0 Å². The number of benzene rings is 1. The molecule has 2 heterocycles. The van der Waals surface area contributed by atoms with Crippen LogP contribution in [0.3, 0.4) is 0 Å². The standard InChI is InChI=1S/C21H26N6O3/c1-13(2)11-16(20(29)25-17-7-9-23-26-17)24-18(28)8-10-27-12-22-19-14(3)5-4-6-15(19)21(27)30/h4-7,9,12-13,16H,8,10-11H2,1-3H3,(H,24,28)(H2,23,25,26,29). The summed E-state index contributed by atoms with van der Waals surface area (Å²) in [5.41, 5.74) is 1.40. The third kappa shape index (κ3) is 5.11. The zero-order chi connectivity index (χ0) is 21.7. The van der Waals surface area contributed by atoms with Gasteiger partial charge in [-0.1, -0.05) is 26.0 Å². The number of hydrogen-bond acceptors (Lipinski definition) is 5. The van der Waals surface area contributed by atoms with Crippen LogP contribution in [0.5, 0.6) is 0 Å². The number of para-hydroxylation sites is 1. The molecule has 30 heavy (non-hydrogen) atoms. The van der Waals surface area contributed by atoms with E-state index in [4.69, 9.17) is 0 Å². The SMILES string of the molecule is Cc1cccc2c(=O)n(CCC(=O)NC(CC(C)C)C(=O)Nc3ccn[nH]3)cnc12.